The van der Waals surface area contributed by atoms with Gasteiger partial charge in [0, 0.05) is 29.9 Å². The summed E-state index contributed by atoms with van der Waals surface area (Å²) in [5.41, 5.74) is -1.26. The average molecular weight is 628 g/mol. The van der Waals surface area contributed by atoms with Crippen molar-refractivity contribution in [3.05, 3.63) is 76.4 Å². The van der Waals surface area contributed by atoms with E-state index in [4.69, 9.17) is 4.74 Å². The lowest BCUT2D eigenvalue weighted by Gasteiger charge is -2.45. The summed E-state index contributed by atoms with van der Waals surface area (Å²) in [6.45, 7) is 6.92. The number of halogens is 4. The molecule has 2 amide bonds. The van der Waals surface area contributed by atoms with Gasteiger partial charge in [0.25, 0.3) is 5.91 Å². The smallest absolute Gasteiger partial charge is 0.416 e. The number of rotatable bonds is 6. The molecule has 2 heterocycles. The average Bonchev–Trinajstić information content (AvgIpc) is 3.49. The number of carbonyl (C=O) groups excluding carboxylic acids is 2. The first-order chi connectivity index (χ1) is 21.1. The lowest BCUT2D eigenvalue weighted by Crippen LogP contribution is -2.54. The van der Waals surface area contributed by atoms with Crippen molar-refractivity contribution in [1.29, 1.82) is 0 Å². The fraction of sp³-hybridized carbons (Fsp3) is 0.515. The number of hydrogen-bond acceptors (Lipinski definition) is 5. The molecule has 3 aliphatic rings. The third-order valence-corrected chi connectivity index (χ3v) is 9.47. The van der Waals surface area contributed by atoms with Gasteiger partial charge in [0.2, 0.25) is 0 Å². The maximum absolute atomic E-state index is 14.5. The fourth-order valence-corrected chi connectivity index (χ4v) is 6.95. The first-order valence-electron chi connectivity index (χ1n) is 15.2. The van der Waals surface area contributed by atoms with Crippen LogP contribution in [0.1, 0.15) is 104 Å². The highest BCUT2D eigenvalue weighted by atomic mass is 19.4. The van der Waals surface area contributed by atoms with Crippen LogP contribution in [-0.4, -0.2) is 49.4 Å². The van der Waals surface area contributed by atoms with E-state index >= 15 is 0 Å². The third-order valence-electron chi connectivity index (χ3n) is 9.47. The molecule has 12 heteroatoms. The van der Waals surface area contributed by atoms with Crippen LogP contribution in [0.4, 0.5) is 28.0 Å². The summed E-state index contributed by atoms with van der Waals surface area (Å²) in [5, 5.41) is 8.18. The molecule has 2 aromatic carbocycles. The minimum Gasteiger partial charge on any atom is -0.441 e. The number of aromatic nitrogens is 3. The number of aryl methyl sites for hydroxylation is 1. The maximum Gasteiger partial charge on any atom is 0.416 e. The lowest BCUT2D eigenvalue weighted by molar-refractivity contribution is -0.138. The molecule has 2 fully saturated rings. The standard InChI is InChI=1S/C33H37F4N5O3/c1-19(45-30(44)42(31(2,3)4)23-9-7-10-23)20-12-25-26(27(13-20)33(35,36)37)17-41(28(25)43)24-11-6-8-21(14-24)32(15-22(34)16-32)29-39-38-18-40(29)5/h6,8,11-14,18-19,22-23H,7,9-10,15-17H2,1-5H3. The molecule has 0 saturated heterocycles. The van der Waals surface area contributed by atoms with Crippen molar-refractivity contribution in [3.8, 4) is 0 Å². The minimum absolute atomic E-state index is 0.0184. The van der Waals surface area contributed by atoms with E-state index in [1.165, 1.54) is 24.2 Å². The molecule has 0 N–H and O–H groups in total. The summed E-state index contributed by atoms with van der Waals surface area (Å²) in [6, 6.07) is 9.31. The number of benzene rings is 2. The van der Waals surface area contributed by atoms with Crippen molar-refractivity contribution in [3.63, 3.8) is 0 Å². The summed E-state index contributed by atoms with van der Waals surface area (Å²) in [7, 11) is 1.77. The number of nitrogens with zero attached hydrogens (tertiary/aromatic N) is 5. The van der Waals surface area contributed by atoms with Gasteiger partial charge in [-0.15, -0.1) is 10.2 Å². The number of ether oxygens (including phenoxy) is 1. The van der Waals surface area contributed by atoms with Gasteiger partial charge in [-0.05, 0) is 101 Å². The van der Waals surface area contributed by atoms with Crippen LogP contribution < -0.4 is 4.90 Å². The summed E-state index contributed by atoms with van der Waals surface area (Å²) >= 11 is 0. The Morgan fingerprint density at radius 1 is 1.13 bits per heavy atom. The predicted molar refractivity (Wildman–Crippen MR) is 158 cm³/mol. The third kappa shape index (κ3) is 5.35. The second-order valence-electron chi connectivity index (χ2n) is 13.5. The number of anilines is 1. The molecule has 8 nitrogen and oxygen atoms in total. The Morgan fingerprint density at radius 3 is 2.40 bits per heavy atom. The van der Waals surface area contributed by atoms with Gasteiger partial charge in [0.1, 0.15) is 24.4 Å². The van der Waals surface area contributed by atoms with Crippen LogP contribution in [-0.2, 0) is 29.9 Å². The van der Waals surface area contributed by atoms with Crippen LogP contribution in [0.5, 0.6) is 0 Å². The molecular weight excluding hydrogens is 590 g/mol. The molecule has 1 aliphatic heterocycles. The van der Waals surface area contributed by atoms with E-state index in [9.17, 15) is 27.2 Å². The Labute approximate surface area is 259 Å². The van der Waals surface area contributed by atoms with E-state index in [1.54, 1.807) is 34.7 Å². The van der Waals surface area contributed by atoms with E-state index in [-0.39, 0.29) is 42.1 Å². The van der Waals surface area contributed by atoms with Crippen molar-refractivity contribution in [1.82, 2.24) is 19.7 Å². The van der Waals surface area contributed by atoms with E-state index in [0.29, 0.717) is 17.1 Å². The van der Waals surface area contributed by atoms with Gasteiger partial charge in [-0.3, -0.25) is 4.79 Å². The van der Waals surface area contributed by atoms with Crippen LogP contribution in [0.2, 0.25) is 0 Å². The van der Waals surface area contributed by atoms with Crippen LogP contribution in [0.15, 0.2) is 42.7 Å². The molecule has 0 spiro atoms. The maximum atomic E-state index is 14.5. The summed E-state index contributed by atoms with van der Waals surface area (Å²) in [6.07, 6.45) is -2.81. The summed E-state index contributed by atoms with van der Waals surface area (Å²) in [5.74, 6) is -0.0112. The second kappa shape index (κ2) is 10.8. The van der Waals surface area contributed by atoms with Crippen LogP contribution in [0, 0.1) is 0 Å². The number of fused-ring (bicyclic) bond motifs is 1. The first-order valence-corrected chi connectivity index (χ1v) is 15.2. The van der Waals surface area contributed by atoms with Crippen molar-refractivity contribution in [2.45, 2.75) is 102 Å². The Bertz CT molecular complexity index is 1640. The molecule has 240 valence electrons. The molecule has 45 heavy (non-hydrogen) atoms. The van der Waals surface area contributed by atoms with Gasteiger partial charge in [0.15, 0.2) is 0 Å². The highest BCUT2D eigenvalue weighted by Gasteiger charge is 2.51. The molecule has 0 bridgehead atoms. The largest absolute Gasteiger partial charge is 0.441 e. The predicted octanol–water partition coefficient (Wildman–Crippen LogP) is 7.26. The Kier molecular flexibility index (Phi) is 7.48. The van der Waals surface area contributed by atoms with E-state index < -0.39 is 47.0 Å². The normalized spacial score (nSPS) is 22.5. The van der Waals surface area contributed by atoms with Crippen molar-refractivity contribution < 1.29 is 31.9 Å². The SMILES string of the molecule is CC(OC(=O)N(C1CCC1)C(C)(C)C)c1cc2c(c(C(F)(F)F)c1)CN(c1cccc(C3(c4nncn4C)CC(F)C3)c1)C2=O. The highest BCUT2D eigenvalue weighted by molar-refractivity contribution is 6.10. The van der Waals surface area contributed by atoms with Gasteiger partial charge >= 0.3 is 12.3 Å². The molecule has 1 atom stereocenters. The quantitative estimate of drug-likeness (QED) is 0.269. The summed E-state index contributed by atoms with van der Waals surface area (Å²) < 4.78 is 65.1. The number of amides is 2. The van der Waals surface area contributed by atoms with Crippen LogP contribution in [0.25, 0.3) is 0 Å². The van der Waals surface area contributed by atoms with Crippen molar-refractivity contribution in [2.75, 3.05) is 4.90 Å². The number of carbonyl (C=O) groups is 2. The van der Waals surface area contributed by atoms with Gasteiger partial charge in [0.05, 0.1) is 17.5 Å². The zero-order valence-electron chi connectivity index (χ0n) is 26.0. The number of alkyl halides is 4. The monoisotopic (exact) mass is 627 g/mol. The topological polar surface area (TPSA) is 80.6 Å². The molecule has 1 aromatic heterocycles. The highest BCUT2D eigenvalue weighted by Crippen LogP contribution is 2.50. The van der Waals surface area contributed by atoms with Gasteiger partial charge in [-0.2, -0.15) is 13.2 Å². The molecule has 2 aliphatic carbocycles. The Hall–Kier alpha value is -3.96. The van der Waals surface area contributed by atoms with Crippen molar-refractivity contribution >= 4 is 17.7 Å². The molecule has 6 rings (SSSR count). The van der Waals surface area contributed by atoms with Gasteiger partial charge in [-0.1, -0.05) is 12.1 Å². The van der Waals surface area contributed by atoms with E-state index in [0.717, 1.165) is 25.3 Å². The Morgan fingerprint density at radius 2 is 1.84 bits per heavy atom. The summed E-state index contributed by atoms with van der Waals surface area (Å²) in [4.78, 5) is 30.0. The zero-order chi connectivity index (χ0) is 32.5. The molecule has 2 saturated carbocycles. The fourth-order valence-electron chi connectivity index (χ4n) is 6.95. The molecular formula is C33H37F4N5O3. The first kappa shape index (κ1) is 31.0. The van der Waals surface area contributed by atoms with E-state index in [1.807, 2.05) is 26.8 Å². The van der Waals surface area contributed by atoms with Gasteiger partial charge in [-0.25, -0.2) is 9.18 Å². The van der Waals surface area contributed by atoms with Crippen LogP contribution in [0.3, 0.4) is 0 Å². The van der Waals surface area contributed by atoms with E-state index in [2.05, 4.69) is 10.2 Å². The Balaban J connectivity index is 1.32. The van der Waals surface area contributed by atoms with Crippen molar-refractivity contribution in [2.24, 2.45) is 7.05 Å². The number of hydrogen-bond donors (Lipinski definition) is 0. The molecule has 0 radical (unpaired) electrons. The van der Waals surface area contributed by atoms with Gasteiger partial charge < -0.3 is 19.1 Å². The zero-order valence-corrected chi connectivity index (χ0v) is 26.0. The van der Waals surface area contributed by atoms with Crippen LogP contribution >= 0.6 is 0 Å². The second-order valence-corrected chi connectivity index (χ2v) is 13.5. The molecule has 3 aromatic rings. The lowest BCUT2D eigenvalue weighted by atomic mass is 9.62. The minimum atomic E-state index is -4.75. The molecule has 1 unspecified atom stereocenters.